The van der Waals surface area contributed by atoms with E-state index >= 15 is 4.79 Å². The van der Waals surface area contributed by atoms with Crippen LogP contribution in [-0.4, -0.2) is 258 Å². The summed E-state index contributed by atoms with van der Waals surface area (Å²) in [7, 11) is 1.72. The van der Waals surface area contributed by atoms with Gasteiger partial charge in [-0.05, 0) is 93.1 Å². The van der Waals surface area contributed by atoms with Crippen LogP contribution in [0.5, 0.6) is 11.5 Å². The van der Waals surface area contributed by atoms with Gasteiger partial charge in [-0.25, -0.2) is 19.6 Å². The summed E-state index contributed by atoms with van der Waals surface area (Å²) >= 11 is 1.45. The number of phenolic OH excluding ortho intramolecular Hbond substituents is 1. The molecule has 104 heavy (non-hydrogen) atoms. The van der Waals surface area contributed by atoms with Gasteiger partial charge >= 0.3 is 6.09 Å². The van der Waals surface area contributed by atoms with Gasteiger partial charge in [-0.1, -0.05) is 71.3 Å². The normalized spacial score (nSPS) is 24.3. The van der Waals surface area contributed by atoms with Crippen molar-refractivity contribution < 1.29 is 107 Å². The molecule has 0 bridgehead atoms. The molecule has 5 aromatic rings. The molecule has 0 spiro atoms. The lowest BCUT2D eigenvalue weighted by Gasteiger charge is -2.34. The number of amides is 8. The number of carbonyl (C=O) groups is 8. The monoisotopic (exact) mass is 1490 g/mol. The van der Waals surface area contributed by atoms with Crippen molar-refractivity contribution in [3.63, 3.8) is 0 Å². The van der Waals surface area contributed by atoms with E-state index < -0.39 is 177 Å². The number of ether oxygens (including phenoxy) is 3. The second-order valence-corrected chi connectivity index (χ2v) is 27.4. The molecule has 0 radical (unpaired) electrons. The van der Waals surface area contributed by atoms with Crippen LogP contribution in [0, 0.1) is 5.92 Å². The number of piperidine rings is 1. The zero-order valence-electron chi connectivity index (χ0n) is 57.5. The molecular weight excluding hydrogens is 1400 g/mol. The number of fused-ring (bicyclic) bond motifs is 3. The second kappa shape index (κ2) is 37.9. The molecule has 0 saturated carbocycles. The summed E-state index contributed by atoms with van der Waals surface area (Å²) in [5.41, 5.74) is 3.25. The van der Waals surface area contributed by atoms with Crippen molar-refractivity contribution in [2.75, 3.05) is 71.1 Å². The van der Waals surface area contributed by atoms with Crippen molar-refractivity contribution >= 4 is 81.8 Å². The number of methoxy groups -OCH3 is 1. The third-order valence-corrected chi connectivity index (χ3v) is 19.8. The Morgan fingerprint density at radius 1 is 0.808 bits per heavy atom. The molecule has 4 aliphatic rings. The molecule has 6 heterocycles. The average molecular weight is 1490 g/mol. The van der Waals surface area contributed by atoms with E-state index in [1.165, 1.54) is 42.5 Å². The third kappa shape index (κ3) is 20.9. The summed E-state index contributed by atoms with van der Waals surface area (Å²) in [5.74, 6) is -9.74. The molecule has 4 saturated heterocycles. The van der Waals surface area contributed by atoms with E-state index in [1.54, 1.807) is 30.0 Å². The molecule has 14 N–H and O–H groups in total. The average Bonchev–Trinajstić information content (AvgIpc) is 1.62. The predicted octanol–water partition coefficient (Wildman–Crippen LogP) is 0.637. The third-order valence-electron chi connectivity index (χ3n) is 18.4. The van der Waals surface area contributed by atoms with Gasteiger partial charge in [0.05, 0.1) is 54.6 Å². The number of phenols is 1. The first-order valence-corrected chi connectivity index (χ1v) is 35.7. The molecule has 4 fully saturated rings. The molecule has 3 aromatic carbocycles. The predicted molar refractivity (Wildman–Crippen MR) is 373 cm³/mol. The van der Waals surface area contributed by atoms with Crippen molar-refractivity contribution in [1.82, 2.24) is 56.3 Å². The quantitative estimate of drug-likeness (QED) is 0.0113. The number of unbranched alkanes of at least 4 members (excludes halogenated alkanes) is 3. The molecule has 34 nitrogen and oxygen atoms in total. The molecule has 9 rings (SSSR count). The fourth-order valence-corrected chi connectivity index (χ4v) is 14.0. The lowest BCUT2D eigenvalue weighted by Crippen LogP contribution is -2.64. The lowest BCUT2D eigenvalue weighted by molar-refractivity contribution is -0.433. The van der Waals surface area contributed by atoms with Gasteiger partial charge < -0.3 is 101 Å². The number of anilines is 1. The van der Waals surface area contributed by atoms with Crippen LogP contribution in [0.1, 0.15) is 87.6 Å². The molecule has 0 unspecified atom stereocenters. The molecule has 566 valence electrons. The number of hydrogen-bond donors (Lipinski definition) is 14. The summed E-state index contributed by atoms with van der Waals surface area (Å²) < 4.78 is 27.3. The molecule has 8 amide bonds. The second-order valence-electron chi connectivity index (χ2n) is 26.0. The van der Waals surface area contributed by atoms with Crippen LogP contribution >= 0.6 is 23.7 Å². The number of carbonyl (C=O) groups excluding carboxylic acids is 8. The van der Waals surface area contributed by atoms with Crippen LogP contribution in [-0.2, 0) is 58.8 Å². The van der Waals surface area contributed by atoms with Crippen molar-refractivity contribution in [1.29, 1.82) is 0 Å². The van der Waals surface area contributed by atoms with Gasteiger partial charge in [0.1, 0.15) is 47.9 Å². The highest BCUT2D eigenvalue weighted by atomic mass is 32.2. The van der Waals surface area contributed by atoms with Crippen LogP contribution in [0.25, 0.3) is 26.8 Å². The summed E-state index contributed by atoms with van der Waals surface area (Å²) in [5, 5.41) is 112. The summed E-state index contributed by atoms with van der Waals surface area (Å²) in [4.78, 5) is 125. The van der Waals surface area contributed by atoms with Gasteiger partial charge in [0, 0.05) is 107 Å². The molecule has 4 aliphatic heterocycles. The molecule has 13 atom stereocenters. The highest BCUT2D eigenvalue weighted by molar-refractivity contribution is 7.90. The van der Waals surface area contributed by atoms with Crippen LogP contribution in [0.4, 0.5) is 10.5 Å². The standard InChI is InChI=1S/C68H90N12O22S2/c1-5-26-99-68(95)69-23-20-51(85)56-66(94)79-34-37(2)58(87)57(79)63(92)70-33-44(82)31-47(60(89)73-54(38(3)81)65(93)78-35-45(83)32-49(78)61(90)74-55(62(91)75-56)52(86)29-39-10-19-50(84)53(30-39)100-104-102-101-96)71-59(88)41-13-11-40(12-14-41)48-36-80-67(72-48)103-64(76-80)42-15-17-43(18-16-42)77-24-21-46(22-25-77)98-28-9-7-6-8-27-97-4/h5,10-19,30,36-38,44-47,49,51-52,54-58,81-87,96H,1,6-9,20-29,31-35H2,2-4H3,(H,69,95)(H,70,92)(H,71,88)(H,73,89)(H,74,90)(H,75,91)/t37-,38+,44+,45+,47+,49+,51-,52-,54+,55+,56+,57+,58+/m1/s1. The maximum Gasteiger partial charge on any atom is 0.407 e. The zero-order chi connectivity index (χ0) is 74.7. The Labute approximate surface area is 606 Å². The maximum absolute atomic E-state index is 15.0. The number of alkyl carbamates (subject to hydrolysis) is 1. The molecule has 36 heteroatoms. The van der Waals surface area contributed by atoms with Gasteiger partial charge in [0.15, 0.2) is 11.5 Å². The van der Waals surface area contributed by atoms with E-state index in [0.29, 0.717) is 16.2 Å². The number of aliphatic hydroxyl groups is 6. The Morgan fingerprint density at radius 2 is 1.50 bits per heavy atom. The Balaban J connectivity index is 0.939. The Hall–Kier alpha value is -8.63. The van der Waals surface area contributed by atoms with Gasteiger partial charge in [-0.3, -0.25) is 33.6 Å². The van der Waals surface area contributed by atoms with E-state index in [1.807, 2.05) is 12.1 Å². The number of nitrogens with one attached hydrogen (secondary N) is 6. The minimum absolute atomic E-state index is 0.00871. The van der Waals surface area contributed by atoms with Gasteiger partial charge in [-0.15, -0.1) is 0 Å². The number of nitrogens with zero attached hydrogens (tertiary/aromatic N) is 6. The lowest BCUT2D eigenvalue weighted by atomic mass is 9.98. The number of rotatable bonds is 27. The van der Waals surface area contributed by atoms with Gasteiger partial charge in [0.25, 0.3) is 18.2 Å². The highest BCUT2D eigenvalue weighted by Gasteiger charge is 2.50. The number of benzene rings is 3. The number of hydrogen-bond acceptors (Lipinski definition) is 27. The van der Waals surface area contributed by atoms with Crippen LogP contribution in [0.15, 0.2) is 85.6 Å². The molecule has 2 aromatic heterocycles. The van der Waals surface area contributed by atoms with E-state index in [9.17, 15) is 69.3 Å². The summed E-state index contributed by atoms with van der Waals surface area (Å²) in [6.45, 7) is 7.14. The maximum atomic E-state index is 15.0. The van der Waals surface area contributed by atoms with Crippen LogP contribution in [0.2, 0.25) is 0 Å². The van der Waals surface area contributed by atoms with Crippen molar-refractivity contribution in [2.24, 2.45) is 5.92 Å². The number of β-amino-alcohol motifs (C(OH)–C–C–N with tert-alkyl or cyclic N) is 1. The first-order valence-electron chi connectivity index (χ1n) is 34.2. The molecular formula is C68H90N12O22S2. The fourth-order valence-electron chi connectivity index (χ4n) is 12.8. The SMILES string of the molecule is C=CCOC(=O)NCC[C@@H](O)[C@@H]1NC(=O)[C@H]([C@H](O)Cc2ccc(O)c(OSOOO)c2)NC(=O)[C@@H]2C[C@H](O)CN2C(=O)[C@H]([C@H](C)O)NC(=O)[C@@H](NC(=O)c2ccc(-c3cn4nc(-c5ccc(N6CCC(OCCCCCCOC)CC6)cc5)sc4n3)cc2)C[C@H](O)CNC(=O)[C@@H]2[C@@H](O)[C@H](C)CN2C1=O. The number of aromatic nitrogens is 3. The Kier molecular flexibility index (Phi) is 29.0. The Bertz CT molecular complexity index is 3720. The first-order chi connectivity index (χ1) is 49.9. The van der Waals surface area contributed by atoms with Crippen molar-refractivity contribution in [2.45, 2.75) is 157 Å². The molecule has 0 aliphatic carbocycles. The Morgan fingerprint density at radius 3 is 2.19 bits per heavy atom. The number of imidazole rings is 1. The minimum Gasteiger partial charge on any atom is -0.504 e. The van der Waals surface area contributed by atoms with Crippen LogP contribution in [0.3, 0.4) is 0 Å². The highest BCUT2D eigenvalue weighted by Crippen LogP contribution is 2.34. The first kappa shape index (κ1) is 79.5. The smallest absolute Gasteiger partial charge is 0.407 e. The number of aromatic hydroxyl groups is 1. The summed E-state index contributed by atoms with van der Waals surface area (Å²) in [6.07, 6.45) is -4.33. The topological polar surface area (TPSA) is 466 Å². The van der Waals surface area contributed by atoms with Crippen LogP contribution < -0.4 is 41.0 Å². The van der Waals surface area contributed by atoms with Crippen molar-refractivity contribution in [3.05, 3.63) is 96.7 Å². The fraction of sp³-hybridized carbons (Fsp3) is 0.529. The minimum atomic E-state index is -2.18. The zero-order valence-corrected chi connectivity index (χ0v) is 59.2. The summed E-state index contributed by atoms with van der Waals surface area (Å²) in [6, 6.07) is 6.36. The van der Waals surface area contributed by atoms with Gasteiger partial charge in [0.2, 0.25) is 40.4 Å². The van der Waals surface area contributed by atoms with E-state index in [-0.39, 0.29) is 48.5 Å². The number of aliphatic hydroxyl groups excluding tert-OH is 6. The van der Waals surface area contributed by atoms with Gasteiger partial charge in [-0.2, -0.15) is 5.10 Å². The van der Waals surface area contributed by atoms with E-state index in [2.05, 4.69) is 64.9 Å². The van der Waals surface area contributed by atoms with E-state index in [4.69, 9.17) is 33.7 Å². The largest absolute Gasteiger partial charge is 0.504 e. The van der Waals surface area contributed by atoms with Crippen molar-refractivity contribution in [3.8, 4) is 33.3 Å². The van der Waals surface area contributed by atoms with E-state index in [0.717, 1.165) is 110 Å².